The van der Waals surface area contributed by atoms with Gasteiger partial charge in [0.05, 0.1) is 13.2 Å². The van der Waals surface area contributed by atoms with Crippen molar-refractivity contribution in [3.05, 3.63) is 59.2 Å². The molecular weight excluding hydrogens is 440 g/mol. The Labute approximate surface area is 209 Å². The molecule has 1 aliphatic heterocycles. The SMILES string of the molecule is COc1cc(C2C(=O)N(C3CCCCCC3)CC(=O)N2Cc2ccc(C)cc2)ccc1OC(C)C. The molecule has 1 unspecified atom stereocenters. The molecule has 2 fully saturated rings. The minimum absolute atomic E-state index is 0.00296. The number of methoxy groups -OCH3 is 1. The van der Waals surface area contributed by atoms with Gasteiger partial charge in [0.25, 0.3) is 5.91 Å². The third kappa shape index (κ3) is 5.80. The number of carbonyl (C=O) groups excluding carboxylic acids is 2. The zero-order chi connectivity index (χ0) is 24.9. The van der Waals surface area contributed by atoms with Crippen molar-refractivity contribution in [2.45, 2.75) is 84.0 Å². The lowest BCUT2D eigenvalue weighted by Gasteiger charge is -2.43. The van der Waals surface area contributed by atoms with E-state index in [-0.39, 0.29) is 30.5 Å². The van der Waals surface area contributed by atoms with Gasteiger partial charge in [-0.05, 0) is 56.9 Å². The molecule has 2 aromatic rings. The Morgan fingerprint density at radius 1 is 0.943 bits per heavy atom. The molecule has 2 aliphatic rings. The molecule has 0 bridgehead atoms. The molecule has 2 aromatic carbocycles. The molecule has 0 radical (unpaired) electrons. The summed E-state index contributed by atoms with van der Waals surface area (Å²) in [5.41, 5.74) is 2.93. The highest BCUT2D eigenvalue weighted by Crippen LogP contribution is 2.37. The smallest absolute Gasteiger partial charge is 0.250 e. The van der Waals surface area contributed by atoms with Gasteiger partial charge in [0.2, 0.25) is 5.91 Å². The number of carbonyl (C=O) groups is 2. The van der Waals surface area contributed by atoms with Crippen LogP contribution in [0.1, 0.15) is 75.1 Å². The number of benzene rings is 2. The van der Waals surface area contributed by atoms with Gasteiger partial charge < -0.3 is 19.3 Å². The van der Waals surface area contributed by atoms with E-state index in [1.807, 2.05) is 68.1 Å². The first-order valence-corrected chi connectivity index (χ1v) is 12.9. The molecule has 0 aromatic heterocycles. The summed E-state index contributed by atoms with van der Waals surface area (Å²) in [6.45, 7) is 6.51. The molecule has 4 rings (SSSR count). The van der Waals surface area contributed by atoms with Crippen LogP contribution in [0.3, 0.4) is 0 Å². The highest BCUT2D eigenvalue weighted by molar-refractivity contribution is 5.96. The quantitative estimate of drug-likeness (QED) is 0.498. The third-order valence-corrected chi connectivity index (χ3v) is 7.06. The zero-order valence-electron chi connectivity index (χ0n) is 21.5. The molecule has 188 valence electrons. The summed E-state index contributed by atoms with van der Waals surface area (Å²) in [7, 11) is 1.60. The van der Waals surface area contributed by atoms with E-state index in [1.54, 1.807) is 12.0 Å². The first kappa shape index (κ1) is 25.1. The van der Waals surface area contributed by atoms with Crippen LogP contribution in [0.15, 0.2) is 42.5 Å². The molecule has 6 heteroatoms. The van der Waals surface area contributed by atoms with Crippen LogP contribution in [0.5, 0.6) is 11.5 Å². The molecule has 0 N–H and O–H groups in total. The van der Waals surface area contributed by atoms with Crippen LogP contribution in [0, 0.1) is 6.92 Å². The van der Waals surface area contributed by atoms with Gasteiger partial charge >= 0.3 is 0 Å². The second-order valence-corrected chi connectivity index (χ2v) is 10.1. The number of rotatable bonds is 7. The normalized spacial score (nSPS) is 19.7. The summed E-state index contributed by atoms with van der Waals surface area (Å²) in [5, 5.41) is 0. The number of hydrogen-bond acceptors (Lipinski definition) is 4. The number of nitrogens with zero attached hydrogens (tertiary/aromatic N) is 2. The van der Waals surface area contributed by atoms with E-state index in [4.69, 9.17) is 9.47 Å². The summed E-state index contributed by atoms with van der Waals surface area (Å²) in [6.07, 6.45) is 6.54. The van der Waals surface area contributed by atoms with Gasteiger partial charge in [-0.15, -0.1) is 0 Å². The topological polar surface area (TPSA) is 59.1 Å². The number of piperazine rings is 1. The first-order chi connectivity index (χ1) is 16.9. The average molecular weight is 479 g/mol. The first-order valence-electron chi connectivity index (χ1n) is 12.9. The fourth-order valence-corrected chi connectivity index (χ4v) is 5.23. The summed E-state index contributed by atoms with van der Waals surface area (Å²) in [6, 6.07) is 13.2. The third-order valence-electron chi connectivity index (χ3n) is 7.06. The van der Waals surface area contributed by atoms with Crippen LogP contribution in [0.25, 0.3) is 0 Å². The van der Waals surface area contributed by atoms with Crippen LogP contribution < -0.4 is 9.47 Å². The van der Waals surface area contributed by atoms with Gasteiger partial charge in [-0.2, -0.15) is 0 Å². The zero-order valence-corrected chi connectivity index (χ0v) is 21.5. The molecule has 1 saturated carbocycles. The lowest BCUT2D eigenvalue weighted by molar-refractivity contribution is -0.159. The lowest BCUT2D eigenvalue weighted by Crippen LogP contribution is -2.57. The van der Waals surface area contributed by atoms with Crippen LogP contribution in [0.2, 0.25) is 0 Å². The Morgan fingerprint density at radius 2 is 1.63 bits per heavy atom. The highest BCUT2D eigenvalue weighted by atomic mass is 16.5. The van der Waals surface area contributed by atoms with E-state index >= 15 is 0 Å². The van der Waals surface area contributed by atoms with Gasteiger partial charge in [-0.25, -0.2) is 0 Å². The molecule has 1 saturated heterocycles. The Morgan fingerprint density at radius 3 is 2.26 bits per heavy atom. The average Bonchev–Trinajstić information content (AvgIpc) is 3.12. The maximum absolute atomic E-state index is 14.1. The molecule has 1 aliphatic carbocycles. The van der Waals surface area contributed by atoms with Crippen molar-refractivity contribution in [2.24, 2.45) is 0 Å². The molecule has 1 heterocycles. The van der Waals surface area contributed by atoms with Crippen molar-refractivity contribution in [2.75, 3.05) is 13.7 Å². The minimum Gasteiger partial charge on any atom is -0.493 e. The van der Waals surface area contributed by atoms with Crippen LogP contribution in [-0.4, -0.2) is 47.4 Å². The largest absolute Gasteiger partial charge is 0.493 e. The molecule has 0 spiro atoms. The van der Waals surface area contributed by atoms with Crippen LogP contribution in [-0.2, 0) is 16.1 Å². The van der Waals surface area contributed by atoms with Gasteiger partial charge in [0.15, 0.2) is 11.5 Å². The lowest BCUT2D eigenvalue weighted by atomic mass is 9.96. The van der Waals surface area contributed by atoms with E-state index in [0.29, 0.717) is 18.0 Å². The fraction of sp³-hybridized carbons (Fsp3) is 0.517. The molecule has 35 heavy (non-hydrogen) atoms. The second-order valence-electron chi connectivity index (χ2n) is 10.1. The summed E-state index contributed by atoms with van der Waals surface area (Å²) < 4.78 is 11.5. The number of amides is 2. The van der Waals surface area contributed by atoms with Crippen molar-refractivity contribution in [3.63, 3.8) is 0 Å². The molecule has 1 atom stereocenters. The molecule has 2 amide bonds. The minimum atomic E-state index is -0.692. The fourth-order valence-electron chi connectivity index (χ4n) is 5.23. The van der Waals surface area contributed by atoms with Gasteiger partial charge in [-0.1, -0.05) is 61.6 Å². The molecule has 6 nitrogen and oxygen atoms in total. The van der Waals surface area contributed by atoms with Crippen molar-refractivity contribution in [1.82, 2.24) is 9.80 Å². The Hall–Kier alpha value is -3.02. The standard InChI is InChI=1S/C29H38N2O4/c1-20(2)35-25-16-15-23(17-26(25)34-4)28-29(33)30(24-9-7-5-6-8-10-24)19-27(32)31(28)18-22-13-11-21(3)12-14-22/h11-17,20,24,28H,5-10,18-19H2,1-4H3. The Balaban J connectivity index is 1.71. The summed E-state index contributed by atoms with van der Waals surface area (Å²) in [4.78, 5) is 31.2. The number of hydrogen-bond donors (Lipinski definition) is 0. The maximum atomic E-state index is 14.1. The van der Waals surface area contributed by atoms with Gasteiger partial charge in [-0.3, -0.25) is 9.59 Å². The van der Waals surface area contributed by atoms with Crippen molar-refractivity contribution < 1.29 is 19.1 Å². The predicted molar refractivity (Wildman–Crippen MR) is 136 cm³/mol. The highest BCUT2D eigenvalue weighted by Gasteiger charge is 2.43. The Kier molecular flexibility index (Phi) is 7.99. The van der Waals surface area contributed by atoms with Gasteiger partial charge in [0.1, 0.15) is 12.6 Å². The monoisotopic (exact) mass is 478 g/mol. The van der Waals surface area contributed by atoms with E-state index in [2.05, 4.69) is 0 Å². The van der Waals surface area contributed by atoms with Crippen molar-refractivity contribution in [1.29, 1.82) is 0 Å². The van der Waals surface area contributed by atoms with E-state index < -0.39 is 6.04 Å². The maximum Gasteiger partial charge on any atom is 0.250 e. The number of ether oxygens (including phenoxy) is 2. The van der Waals surface area contributed by atoms with E-state index in [1.165, 1.54) is 12.8 Å². The van der Waals surface area contributed by atoms with E-state index in [9.17, 15) is 9.59 Å². The molecular formula is C29H38N2O4. The van der Waals surface area contributed by atoms with Crippen LogP contribution >= 0.6 is 0 Å². The van der Waals surface area contributed by atoms with Crippen LogP contribution in [0.4, 0.5) is 0 Å². The van der Waals surface area contributed by atoms with Gasteiger partial charge in [0, 0.05) is 12.6 Å². The van der Waals surface area contributed by atoms with E-state index in [0.717, 1.165) is 42.4 Å². The Bertz CT molecular complexity index is 1030. The number of aryl methyl sites for hydroxylation is 1. The summed E-state index contributed by atoms with van der Waals surface area (Å²) in [5.74, 6) is 1.19. The van der Waals surface area contributed by atoms with Crippen molar-refractivity contribution in [3.8, 4) is 11.5 Å². The second kappa shape index (κ2) is 11.1. The van der Waals surface area contributed by atoms with Crippen molar-refractivity contribution >= 4 is 11.8 Å². The predicted octanol–water partition coefficient (Wildman–Crippen LogP) is 5.43. The summed E-state index contributed by atoms with van der Waals surface area (Å²) >= 11 is 0.